The molecule has 0 bridgehead atoms. The quantitative estimate of drug-likeness (QED) is 0.872. The highest BCUT2D eigenvalue weighted by atomic mass is 32.2. The Kier molecular flexibility index (Phi) is 5.08. The van der Waals surface area contributed by atoms with Gasteiger partial charge >= 0.3 is 0 Å². The lowest BCUT2D eigenvalue weighted by Gasteiger charge is -2.37. The van der Waals surface area contributed by atoms with Crippen LogP contribution in [0.2, 0.25) is 0 Å². The van der Waals surface area contributed by atoms with E-state index in [1.165, 1.54) is 11.3 Å². The van der Waals surface area contributed by atoms with Crippen molar-refractivity contribution < 1.29 is 8.42 Å². The van der Waals surface area contributed by atoms with Crippen LogP contribution in [0, 0.1) is 0 Å². The molecule has 0 fully saturated rings. The van der Waals surface area contributed by atoms with Gasteiger partial charge in [-0.2, -0.15) is 0 Å². The molecule has 0 saturated carbocycles. The third-order valence-electron chi connectivity index (χ3n) is 4.58. The third kappa shape index (κ3) is 3.88. The average molecular weight is 347 g/mol. The maximum Gasteiger partial charge on any atom is 0.213 e. The second-order valence-corrected chi connectivity index (χ2v) is 8.96. The van der Waals surface area contributed by atoms with Crippen LogP contribution in [-0.4, -0.2) is 35.7 Å². The molecule has 130 valence electrons. The summed E-state index contributed by atoms with van der Waals surface area (Å²) in [5.74, 6) is 0. The van der Waals surface area contributed by atoms with E-state index in [9.17, 15) is 8.42 Å². The van der Waals surface area contributed by atoms with Crippen LogP contribution in [0.25, 0.3) is 0 Å². The van der Waals surface area contributed by atoms with Crippen LogP contribution in [0.1, 0.15) is 25.1 Å². The lowest BCUT2D eigenvalue weighted by molar-refractivity contribution is 0.133. The zero-order valence-corrected chi connectivity index (χ0v) is 15.0. The molecule has 2 aromatic rings. The van der Waals surface area contributed by atoms with Crippen molar-refractivity contribution in [1.29, 1.82) is 0 Å². The van der Waals surface area contributed by atoms with E-state index >= 15 is 0 Å². The summed E-state index contributed by atoms with van der Waals surface area (Å²) in [6.45, 7) is 6.29. The fourth-order valence-corrected chi connectivity index (χ4v) is 3.78. The number of nitrogens with zero attached hydrogens (tertiary/aromatic N) is 2. The molecule has 6 heteroatoms. The number of benzene rings is 1. The molecule has 5 nitrogen and oxygen atoms in total. The Labute approximate surface area is 144 Å². The molecule has 1 aliphatic heterocycles. The molecule has 1 aliphatic rings. The molecule has 0 amide bonds. The zero-order chi connectivity index (χ0) is 17.2. The Balaban J connectivity index is 1.76. The molecule has 1 N–H and O–H groups in total. The lowest BCUT2D eigenvalue weighted by Crippen LogP contribution is -2.49. The van der Waals surface area contributed by atoms with Gasteiger partial charge in [-0.15, -0.1) is 0 Å². The number of hydrogen-bond donors (Lipinski definition) is 1. The highest BCUT2D eigenvalue weighted by molar-refractivity contribution is 7.90. The van der Waals surface area contributed by atoms with Crippen LogP contribution in [0.4, 0.5) is 0 Å². The van der Waals surface area contributed by atoms with E-state index in [4.69, 9.17) is 0 Å². The van der Waals surface area contributed by atoms with Crippen molar-refractivity contribution in [2.24, 2.45) is 0 Å². The van der Waals surface area contributed by atoms with Crippen LogP contribution < -0.4 is 4.72 Å². The highest BCUT2D eigenvalue weighted by Gasteiger charge is 2.27. The van der Waals surface area contributed by atoms with Gasteiger partial charge in [-0.05, 0) is 31.5 Å². The number of aromatic nitrogens is 1. The maximum atomic E-state index is 12.1. The lowest BCUT2D eigenvalue weighted by atomic mass is 10.1. The molecule has 2 heterocycles. The Hall–Kier alpha value is -1.63. The summed E-state index contributed by atoms with van der Waals surface area (Å²) in [7, 11) is -3.24. The molecule has 0 aliphatic carbocycles. The molecule has 3 rings (SSSR count). The fraction of sp³-hybridized carbons (Fsp3) is 0.444. The predicted molar refractivity (Wildman–Crippen MR) is 96.0 cm³/mol. The molecule has 1 unspecified atom stereocenters. The Morgan fingerprint density at radius 1 is 1.17 bits per heavy atom. The summed E-state index contributed by atoms with van der Waals surface area (Å²) in [4.78, 5) is 2.35. The van der Waals surface area contributed by atoms with Crippen LogP contribution in [0.15, 0.2) is 48.7 Å². The van der Waals surface area contributed by atoms with Crippen molar-refractivity contribution in [1.82, 2.24) is 14.2 Å². The first kappa shape index (κ1) is 17.2. The van der Waals surface area contributed by atoms with Crippen LogP contribution >= 0.6 is 0 Å². The number of nitrogens with one attached hydrogen (secondary N) is 1. The maximum absolute atomic E-state index is 12.1. The molecule has 1 aromatic carbocycles. The Morgan fingerprint density at radius 2 is 1.92 bits per heavy atom. The third-order valence-corrected chi connectivity index (χ3v) is 6.39. The minimum Gasteiger partial charge on any atom is -0.349 e. The minimum absolute atomic E-state index is 0.138. The smallest absolute Gasteiger partial charge is 0.213 e. The molecular formula is C18H25N3O2S. The number of fused-ring (bicyclic) bond motifs is 1. The van der Waals surface area contributed by atoms with Crippen molar-refractivity contribution in [3.63, 3.8) is 0 Å². The van der Waals surface area contributed by atoms with Crippen molar-refractivity contribution in [2.45, 2.75) is 44.8 Å². The summed E-state index contributed by atoms with van der Waals surface area (Å²) < 4.78 is 29.2. The molecule has 1 aromatic heterocycles. The largest absolute Gasteiger partial charge is 0.349 e. The van der Waals surface area contributed by atoms with E-state index in [0.29, 0.717) is 6.54 Å². The van der Waals surface area contributed by atoms with Crippen molar-refractivity contribution >= 4 is 10.0 Å². The van der Waals surface area contributed by atoms with E-state index < -0.39 is 15.3 Å². The fourth-order valence-electron chi connectivity index (χ4n) is 3.03. The van der Waals surface area contributed by atoms with Crippen molar-refractivity contribution in [2.75, 3.05) is 6.54 Å². The number of hydrogen-bond acceptors (Lipinski definition) is 3. The topological polar surface area (TPSA) is 54.3 Å². The standard InChI is InChI=1S/C18H25N3O2S/c1-15(2)24(22,23)19-11-18-14-20-10-6-9-17(20)13-21(18)12-16-7-4-3-5-8-16/h3-10,15,18-19H,11-14H2,1-2H3. The summed E-state index contributed by atoms with van der Waals surface area (Å²) in [5.41, 5.74) is 2.52. The van der Waals surface area contributed by atoms with Gasteiger partial charge < -0.3 is 4.57 Å². The highest BCUT2D eigenvalue weighted by Crippen LogP contribution is 2.20. The van der Waals surface area contributed by atoms with E-state index in [-0.39, 0.29) is 6.04 Å². The normalized spacial score (nSPS) is 18.7. The summed E-state index contributed by atoms with van der Waals surface area (Å²) in [6.07, 6.45) is 2.07. The van der Waals surface area contributed by atoms with Crippen molar-refractivity contribution in [3.05, 3.63) is 59.9 Å². The Bertz CT molecular complexity index is 769. The van der Waals surface area contributed by atoms with Crippen LogP contribution in [0.5, 0.6) is 0 Å². The predicted octanol–water partition coefficient (Wildman–Crippen LogP) is 2.20. The first-order valence-electron chi connectivity index (χ1n) is 8.36. The summed E-state index contributed by atoms with van der Waals surface area (Å²) >= 11 is 0. The van der Waals surface area contributed by atoms with E-state index in [2.05, 4.69) is 44.7 Å². The van der Waals surface area contributed by atoms with E-state index in [1.807, 2.05) is 18.2 Å². The van der Waals surface area contributed by atoms with Crippen LogP contribution in [0.3, 0.4) is 0 Å². The molecular weight excluding hydrogens is 322 g/mol. The van der Waals surface area contributed by atoms with Crippen molar-refractivity contribution in [3.8, 4) is 0 Å². The molecule has 1 atom stereocenters. The van der Waals surface area contributed by atoms with Gasteiger partial charge in [0.25, 0.3) is 0 Å². The molecule has 0 radical (unpaired) electrons. The zero-order valence-electron chi connectivity index (χ0n) is 14.2. The van der Waals surface area contributed by atoms with Gasteiger partial charge in [0.1, 0.15) is 0 Å². The van der Waals surface area contributed by atoms with E-state index in [1.54, 1.807) is 13.8 Å². The minimum atomic E-state index is -3.24. The van der Waals surface area contributed by atoms with Crippen LogP contribution in [-0.2, 0) is 29.7 Å². The van der Waals surface area contributed by atoms with Gasteiger partial charge in [0, 0.05) is 44.1 Å². The second-order valence-electron chi connectivity index (χ2n) is 6.64. The SMILES string of the molecule is CC(C)S(=O)(=O)NCC1Cn2cccc2CN1Cc1ccccc1. The van der Waals surface area contributed by atoms with Gasteiger partial charge in [0.15, 0.2) is 0 Å². The summed E-state index contributed by atoms with van der Waals surface area (Å²) in [5, 5.41) is -0.411. The first-order valence-corrected chi connectivity index (χ1v) is 9.91. The van der Waals surface area contributed by atoms with Gasteiger partial charge in [-0.3, -0.25) is 4.90 Å². The van der Waals surface area contributed by atoms with E-state index in [0.717, 1.165) is 19.6 Å². The van der Waals surface area contributed by atoms with Gasteiger partial charge in [0.05, 0.1) is 5.25 Å². The molecule has 0 spiro atoms. The molecule has 0 saturated heterocycles. The Morgan fingerprint density at radius 3 is 2.62 bits per heavy atom. The number of sulfonamides is 1. The summed E-state index contributed by atoms with van der Waals surface area (Å²) in [6, 6.07) is 14.6. The number of rotatable bonds is 6. The average Bonchev–Trinajstić information content (AvgIpc) is 3.00. The molecule has 24 heavy (non-hydrogen) atoms. The van der Waals surface area contributed by atoms with Gasteiger partial charge in [0.2, 0.25) is 10.0 Å². The second kappa shape index (κ2) is 7.09. The first-order chi connectivity index (χ1) is 11.5. The van der Waals surface area contributed by atoms with Gasteiger partial charge in [-0.25, -0.2) is 13.1 Å². The van der Waals surface area contributed by atoms with Gasteiger partial charge in [-0.1, -0.05) is 30.3 Å². The monoisotopic (exact) mass is 347 g/mol.